The normalized spacial score (nSPS) is 34.9. The number of Topliss-reactive ketones (excluding diaryl/α,β-unsaturated/α-hetero) is 1. The minimum atomic E-state index is -0.205. The number of hydrogen-bond acceptors (Lipinski definition) is 4. The number of carbonyl (C=O) groups excluding carboxylic acids is 2. The fourth-order valence-corrected chi connectivity index (χ4v) is 2.03. The van der Waals surface area contributed by atoms with E-state index >= 15 is 0 Å². The van der Waals surface area contributed by atoms with Gasteiger partial charge in [0.05, 0.1) is 19.1 Å². The van der Waals surface area contributed by atoms with Gasteiger partial charge in [0.2, 0.25) is 0 Å². The van der Waals surface area contributed by atoms with Crippen molar-refractivity contribution < 1.29 is 19.1 Å². The van der Waals surface area contributed by atoms with Crippen LogP contribution in [-0.2, 0) is 19.1 Å². The molecule has 4 nitrogen and oxygen atoms in total. The summed E-state index contributed by atoms with van der Waals surface area (Å²) >= 11 is 0. The highest BCUT2D eigenvalue weighted by molar-refractivity contribution is 5.87. The standard InChI is InChI=1S/C10H14O4/c1-2-13-8(12)5-6-3-4-7(11)10-9(6)14-10/h6,9-10H,2-5H2,1H3/t6-,9-,10+/m1/s1. The molecular formula is C10H14O4. The van der Waals surface area contributed by atoms with Crippen LogP contribution in [0.4, 0.5) is 0 Å². The van der Waals surface area contributed by atoms with Crippen LogP contribution in [0.5, 0.6) is 0 Å². The van der Waals surface area contributed by atoms with E-state index in [1.165, 1.54) is 0 Å². The summed E-state index contributed by atoms with van der Waals surface area (Å²) in [4.78, 5) is 22.3. The maximum absolute atomic E-state index is 11.2. The molecule has 0 aromatic heterocycles. The second-order valence-corrected chi connectivity index (χ2v) is 3.80. The van der Waals surface area contributed by atoms with Crippen LogP contribution in [-0.4, -0.2) is 30.6 Å². The first-order valence-corrected chi connectivity index (χ1v) is 5.06. The van der Waals surface area contributed by atoms with E-state index in [9.17, 15) is 9.59 Å². The van der Waals surface area contributed by atoms with Gasteiger partial charge >= 0.3 is 5.97 Å². The quantitative estimate of drug-likeness (QED) is 0.494. The lowest BCUT2D eigenvalue weighted by Crippen LogP contribution is -2.26. The Morgan fingerprint density at radius 2 is 2.43 bits per heavy atom. The molecule has 2 rings (SSSR count). The van der Waals surface area contributed by atoms with Crippen molar-refractivity contribution in [2.75, 3.05) is 6.61 Å². The molecule has 2 aliphatic rings. The first-order chi connectivity index (χ1) is 6.72. The molecule has 0 amide bonds. The van der Waals surface area contributed by atoms with Crippen LogP contribution in [0.3, 0.4) is 0 Å². The zero-order valence-corrected chi connectivity index (χ0v) is 8.19. The fraction of sp³-hybridized carbons (Fsp3) is 0.800. The van der Waals surface area contributed by atoms with Gasteiger partial charge in [0.25, 0.3) is 0 Å². The number of epoxide rings is 1. The van der Waals surface area contributed by atoms with E-state index < -0.39 is 0 Å². The van der Waals surface area contributed by atoms with Gasteiger partial charge in [-0.2, -0.15) is 0 Å². The summed E-state index contributed by atoms with van der Waals surface area (Å²) in [5, 5.41) is 0. The minimum Gasteiger partial charge on any atom is -0.466 e. The van der Waals surface area contributed by atoms with Gasteiger partial charge in [0.1, 0.15) is 6.10 Å². The summed E-state index contributed by atoms with van der Waals surface area (Å²) in [5.74, 6) is 0.202. The van der Waals surface area contributed by atoms with Gasteiger partial charge in [-0.15, -0.1) is 0 Å². The van der Waals surface area contributed by atoms with Crippen LogP contribution in [0.15, 0.2) is 0 Å². The van der Waals surface area contributed by atoms with Crippen LogP contribution in [0.25, 0.3) is 0 Å². The number of ether oxygens (including phenoxy) is 2. The maximum atomic E-state index is 11.2. The lowest BCUT2D eigenvalue weighted by Gasteiger charge is -2.16. The highest BCUT2D eigenvalue weighted by Crippen LogP contribution is 2.40. The molecule has 1 saturated carbocycles. The van der Waals surface area contributed by atoms with Crippen molar-refractivity contribution in [1.82, 2.24) is 0 Å². The molecule has 78 valence electrons. The zero-order valence-electron chi connectivity index (χ0n) is 8.19. The monoisotopic (exact) mass is 198 g/mol. The maximum Gasteiger partial charge on any atom is 0.306 e. The van der Waals surface area contributed by atoms with Crippen molar-refractivity contribution >= 4 is 11.8 Å². The van der Waals surface area contributed by atoms with Gasteiger partial charge in [-0.3, -0.25) is 9.59 Å². The molecule has 1 aliphatic heterocycles. The highest BCUT2D eigenvalue weighted by Gasteiger charge is 2.52. The predicted octanol–water partition coefficient (Wildman–Crippen LogP) is 0.686. The Labute approximate surface area is 82.6 Å². The summed E-state index contributed by atoms with van der Waals surface area (Å²) in [5.41, 5.74) is 0. The lowest BCUT2D eigenvalue weighted by atomic mass is 9.86. The van der Waals surface area contributed by atoms with Gasteiger partial charge in [0, 0.05) is 6.42 Å². The Hall–Kier alpha value is -0.900. The summed E-state index contributed by atoms with van der Waals surface area (Å²) in [7, 11) is 0. The van der Waals surface area contributed by atoms with Crippen molar-refractivity contribution in [2.24, 2.45) is 5.92 Å². The van der Waals surface area contributed by atoms with Crippen molar-refractivity contribution in [3.63, 3.8) is 0 Å². The van der Waals surface area contributed by atoms with Gasteiger partial charge in [-0.1, -0.05) is 0 Å². The van der Waals surface area contributed by atoms with Crippen LogP contribution in [0.1, 0.15) is 26.2 Å². The van der Waals surface area contributed by atoms with E-state index in [0.29, 0.717) is 19.4 Å². The second-order valence-electron chi connectivity index (χ2n) is 3.80. The number of esters is 1. The second kappa shape index (κ2) is 3.69. The third-order valence-electron chi connectivity index (χ3n) is 2.80. The first kappa shape index (κ1) is 9.65. The smallest absolute Gasteiger partial charge is 0.306 e. The van der Waals surface area contributed by atoms with Gasteiger partial charge in [-0.05, 0) is 19.3 Å². The number of carbonyl (C=O) groups is 2. The summed E-state index contributed by atoms with van der Waals surface area (Å²) in [6, 6.07) is 0. The molecule has 4 heteroatoms. The molecule has 1 heterocycles. The van der Waals surface area contributed by atoms with E-state index in [2.05, 4.69) is 0 Å². The van der Waals surface area contributed by atoms with Crippen LogP contribution < -0.4 is 0 Å². The molecule has 0 spiro atoms. The summed E-state index contributed by atoms with van der Waals surface area (Å²) in [6.07, 6.45) is 1.50. The van der Waals surface area contributed by atoms with Crippen molar-refractivity contribution in [3.05, 3.63) is 0 Å². The molecule has 0 aromatic carbocycles. The Morgan fingerprint density at radius 1 is 1.64 bits per heavy atom. The van der Waals surface area contributed by atoms with Gasteiger partial charge < -0.3 is 9.47 Å². The molecule has 14 heavy (non-hydrogen) atoms. The molecule has 0 bridgehead atoms. The highest BCUT2D eigenvalue weighted by atomic mass is 16.6. The van der Waals surface area contributed by atoms with Crippen LogP contribution >= 0.6 is 0 Å². The van der Waals surface area contributed by atoms with E-state index in [0.717, 1.165) is 6.42 Å². The van der Waals surface area contributed by atoms with Gasteiger partial charge in [0.15, 0.2) is 5.78 Å². The molecule has 3 atom stereocenters. The Balaban J connectivity index is 1.83. The number of hydrogen-bond donors (Lipinski definition) is 0. The number of rotatable bonds is 3. The first-order valence-electron chi connectivity index (χ1n) is 5.06. The average Bonchev–Trinajstić information content (AvgIpc) is 2.90. The lowest BCUT2D eigenvalue weighted by molar-refractivity contribution is -0.144. The molecular weight excluding hydrogens is 184 g/mol. The molecule has 2 fully saturated rings. The van der Waals surface area contributed by atoms with E-state index in [1.807, 2.05) is 0 Å². The molecule has 0 radical (unpaired) electrons. The van der Waals surface area contributed by atoms with Crippen molar-refractivity contribution in [1.29, 1.82) is 0 Å². The topological polar surface area (TPSA) is 55.9 Å². The average molecular weight is 198 g/mol. The molecule has 0 aromatic rings. The van der Waals surface area contributed by atoms with Crippen LogP contribution in [0, 0.1) is 5.92 Å². The molecule has 1 aliphatic carbocycles. The Kier molecular flexibility index (Phi) is 2.54. The predicted molar refractivity (Wildman–Crippen MR) is 47.6 cm³/mol. The minimum absolute atomic E-state index is 0.000608. The third-order valence-corrected chi connectivity index (χ3v) is 2.80. The third kappa shape index (κ3) is 1.80. The zero-order chi connectivity index (χ0) is 10.1. The number of ketones is 1. The van der Waals surface area contributed by atoms with E-state index in [1.54, 1.807) is 6.92 Å². The molecule has 0 unspecified atom stereocenters. The van der Waals surface area contributed by atoms with Crippen molar-refractivity contribution in [2.45, 2.75) is 38.4 Å². The number of fused-ring (bicyclic) bond motifs is 1. The SMILES string of the molecule is CCOC(=O)C[C@H]1CCC(=O)[C@@H]2O[C@H]12. The van der Waals surface area contributed by atoms with Gasteiger partial charge in [-0.25, -0.2) is 0 Å². The van der Waals surface area contributed by atoms with E-state index in [4.69, 9.17) is 9.47 Å². The Morgan fingerprint density at radius 3 is 3.14 bits per heavy atom. The Bertz CT molecular complexity index is 261. The summed E-state index contributed by atoms with van der Waals surface area (Å²) < 4.78 is 10.1. The van der Waals surface area contributed by atoms with Crippen molar-refractivity contribution in [3.8, 4) is 0 Å². The molecule has 1 saturated heterocycles. The largest absolute Gasteiger partial charge is 0.466 e. The van der Waals surface area contributed by atoms with Crippen LogP contribution in [0.2, 0.25) is 0 Å². The summed E-state index contributed by atoms with van der Waals surface area (Å²) in [6.45, 7) is 2.21. The fourth-order valence-electron chi connectivity index (χ4n) is 2.03. The van der Waals surface area contributed by atoms with E-state index in [-0.39, 0.29) is 29.9 Å². The molecule has 0 N–H and O–H groups in total.